The van der Waals surface area contributed by atoms with Gasteiger partial charge < -0.3 is 10.1 Å². The average Bonchev–Trinajstić information content (AvgIpc) is 2.42. The summed E-state index contributed by atoms with van der Waals surface area (Å²) in [5.74, 6) is 0. The molecule has 0 aliphatic carbocycles. The molecular weight excluding hydrogens is 258 g/mol. The minimum absolute atomic E-state index is 0.154. The molecule has 1 N–H and O–H groups in total. The number of hydrogen-bond donors (Lipinski definition) is 1. The monoisotopic (exact) mass is 281 g/mol. The first kappa shape index (κ1) is 14.8. The predicted molar refractivity (Wildman–Crippen MR) is 80.7 cm³/mol. The van der Waals surface area contributed by atoms with E-state index in [2.05, 4.69) is 25.2 Å². The molecule has 1 aromatic rings. The Labute approximate surface area is 121 Å². The molecule has 1 saturated heterocycles. The van der Waals surface area contributed by atoms with Crippen LogP contribution in [0.5, 0.6) is 0 Å². The van der Waals surface area contributed by atoms with Crippen molar-refractivity contribution in [1.29, 1.82) is 0 Å². The summed E-state index contributed by atoms with van der Waals surface area (Å²) in [5.41, 5.74) is 1.00. The van der Waals surface area contributed by atoms with Crippen molar-refractivity contribution in [3.63, 3.8) is 0 Å². The summed E-state index contributed by atoms with van der Waals surface area (Å²) in [6.07, 6.45) is 4.58. The van der Waals surface area contributed by atoms with Crippen LogP contribution >= 0.6 is 11.6 Å². The smallest absolute Gasteiger partial charge is 0.0848 e. The lowest BCUT2D eigenvalue weighted by Gasteiger charge is -2.41. The molecule has 0 saturated carbocycles. The second-order valence-corrected chi connectivity index (χ2v) is 5.93. The van der Waals surface area contributed by atoms with Gasteiger partial charge in [-0.3, -0.25) is 0 Å². The third kappa shape index (κ3) is 3.50. The number of benzene rings is 1. The number of ether oxygens (including phenoxy) is 1. The first-order valence-electron chi connectivity index (χ1n) is 7.29. The van der Waals surface area contributed by atoms with Crippen LogP contribution in [-0.2, 0) is 4.74 Å². The molecular formula is C16H24ClNO. The maximum absolute atomic E-state index is 6.38. The van der Waals surface area contributed by atoms with Gasteiger partial charge in [-0.05, 0) is 50.8 Å². The standard InChI is InChI=1S/C16H24ClNO/c1-3-11-18-15(13-8-4-5-9-14(13)17)16(2)10-6-7-12-19-16/h4-5,8-9,15,18H,3,6-7,10-12H2,1-2H3. The van der Waals surface area contributed by atoms with Gasteiger partial charge in [0.15, 0.2) is 0 Å². The van der Waals surface area contributed by atoms with E-state index in [9.17, 15) is 0 Å². The van der Waals surface area contributed by atoms with Crippen molar-refractivity contribution >= 4 is 11.6 Å². The van der Waals surface area contributed by atoms with E-state index in [1.54, 1.807) is 0 Å². The molecule has 2 nitrogen and oxygen atoms in total. The van der Waals surface area contributed by atoms with E-state index in [-0.39, 0.29) is 11.6 Å². The van der Waals surface area contributed by atoms with E-state index in [1.165, 1.54) is 12.8 Å². The molecule has 1 heterocycles. The van der Waals surface area contributed by atoms with Crippen molar-refractivity contribution in [1.82, 2.24) is 5.32 Å². The molecule has 1 fully saturated rings. The van der Waals surface area contributed by atoms with Gasteiger partial charge in [0.1, 0.15) is 0 Å². The van der Waals surface area contributed by atoms with Gasteiger partial charge in [-0.1, -0.05) is 36.7 Å². The van der Waals surface area contributed by atoms with E-state index < -0.39 is 0 Å². The Morgan fingerprint density at radius 3 is 2.79 bits per heavy atom. The van der Waals surface area contributed by atoms with Crippen molar-refractivity contribution in [2.24, 2.45) is 0 Å². The summed E-state index contributed by atoms with van der Waals surface area (Å²) in [6, 6.07) is 8.27. The van der Waals surface area contributed by atoms with Crippen molar-refractivity contribution in [3.8, 4) is 0 Å². The Balaban J connectivity index is 2.27. The molecule has 2 rings (SSSR count). The van der Waals surface area contributed by atoms with Gasteiger partial charge >= 0.3 is 0 Å². The number of rotatable bonds is 5. The molecule has 0 bridgehead atoms. The maximum atomic E-state index is 6.38. The van der Waals surface area contributed by atoms with Crippen LogP contribution in [0.25, 0.3) is 0 Å². The van der Waals surface area contributed by atoms with Crippen LogP contribution < -0.4 is 5.32 Å². The lowest BCUT2D eigenvalue weighted by molar-refractivity contribution is -0.0897. The van der Waals surface area contributed by atoms with Crippen molar-refractivity contribution in [2.75, 3.05) is 13.2 Å². The van der Waals surface area contributed by atoms with Crippen LogP contribution in [-0.4, -0.2) is 18.8 Å². The highest BCUT2D eigenvalue weighted by atomic mass is 35.5. The summed E-state index contributed by atoms with van der Waals surface area (Å²) in [5, 5.41) is 4.45. The molecule has 2 unspecified atom stereocenters. The third-order valence-electron chi connectivity index (χ3n) is 3.92. The molecule has 106 valence electrons. The molecule has 2 atom stereocenters. The average molecular weight is 282 g/mol. The van der Waals surface area contributed by atoms with Crippen LogP contribution in [0.2, 0.25) is 5.02 Å². The number of hydrogen-bond acceptors (Lipinski definition) is 2. The molecule has 1 aliphatic heterocycles. The summed E-state index contributed by atoms with van der Waals surface area (Å²) >= 11 is 6.38. The van der Waals surface area contributed by atoms with E-state index >= 15 is 0 Å². The van der Waals surface area contributed by atoms with Gasteiger partial charge in [-0.25, -0.2) is 0 Å². The topological polar surface area (TPSA) is 21.3 Å². The van der Waals surface area contributed by atoms with Crippen molar-refractivity contribution in [2.45, 2.75) is 51.2 Å². The summed E-state index contributed by atoms with van der Waals surface area (Å²) in [6.45, 7) is 6.23. The lowest BCUT2D eigenvalue weighted by atomic mass is 9.84. The maximum Gasteiger partial charge on any atom is 0.0848 e. The minimum atomic E-state index is -0.154. The van der Waals surface area contributed by atoms with E-state index in [0.717, 1.165) is 36.6 Å². The van der Waals surface area contributed by atoms with E-state index in [0.29, 0.717) is 0 Å². The fourth-order valence-electron chi connectivity index (χ4n) is 2.84. The zero-order valence-corrected chi connectivity index (χ0v) is 12.7. The number of nitrogens with one attached hydrogen (secondary N) is 1. The fourth-order valence-corrected chi connectivity index (χ4v) is 3.08. The van der Waals surface area contributed by atoms with E-state index in [1.807, 2.05) is 18.2 Å². The Morgan fingerprint density at radius 2 is 2.16 bits per heavy atom. The zero-order valence-electron chi connectivity index (χ0n) is 11.9. The summed E-state index contributed by atoms with van der Waals surface area (Å²) in [7, 11) is 0. The largest absolute Gasteiger partial charge is 0.373 e. The van der Waals surface area contributed by atoms with Gasteiger partial charge in [0.2, 0.25) is 0 Å². The summed E-state index contributed by atoms with van der Waals surface area (Å²) < 4.78 is 6.11. The lowest BCUT2D eigenvalue weighted by Crippen LogP contribution is -2.46. The normalized spacial score (nSPS) is 25.2. The Morgan fingerprint density at radius 1 is 1.37 bits per heavy atom. The van der Waals surface area contributed by atoms with Crippen LogP contribution in [0.3, 0.4) is 0 Å². The molecule has 3 heteroatoms. The van der Waals surface area contributed by atoms with Crippen molar-refractivity contribution in [3.05, 3.63) is 34.9 Å². The van der Waals surface area contributed by atoms with Crippen LogP contribution in [0.15, 0.2) is 24.3 Å². The quantitative estimate of drug-likeness (QED) is 0.867. The van der Waals surface area contributed by atoms with Gasteiger partial charge in [-0.2, -0.15) is 0 Å². The molecule has 19 heavy (non-hydrogen) atoms. The highest BCUT2D eigenvalue weighted by Gasteiger charge is 2.38. The highest BCUT2D eigenvalue weighted by Crippen LogP contribution is 2.38. The summed E-state index contributed by atoms with van der Waals surface area (Å²) in [4.78, 5) is 0. The molecule has 0 aromatic heterocycles. The molecule has 1 aliphatic rings. The Bertz CT molecular complexity index is 401. The Kier molecular flexibility index (Phi) is 5.26. The Hall–Kier alpha value is -0.570. The minimum Gasteiger partial charge on any atom is -0.373 e. The second kappa shape index (κ2) is 6.74. The van der Waals surface area contributed by atoms with Crippen molar-refractivity contribution < 1.29 is 4.74 Å². The number of halogens is 1. The van der Waals surface area contributed by atoms with Gasteiger partial charge in [0, 0.05) is 11.6 Å². The predicted octanol–water partition coefficient (Wildman–Crippen LogP) is 4.34. The SMILES string of the molecule is CCCNC(c1ccccc1Cl)C1(C)CCCCO1. The van der Waals surface area contributed by atoms with Gasteiger partial charge in [-0.15, -0.1) is 0 Å². The fraction of sp³-hybridized carbons (Fsp3) is 0.625. The van der Waals surface area contributed by atoms with Crippen LogP contribution in [0.1, 0.15) is 51.1 Å². The highest BCUT2D eigenvalue weighted by molar-refractivity contribution is 6.31. The van der Waals surface area contributed by atoms with Gasteiger partial charge in [0.25, 0.3) is 0 Å². The molecule has 0 spiro atoms. The first-order valence-corrected chi connectivity index (χ1v) is 7.67. The zero-order chi connectivity index (χ0) is 13.7. The van der Waals surface area contributed by atoms with E-state index in [4.69, 9.17) is 16.3 Å². The third-order valence-corrected chi connectivity index (χ3v) is 4.27. The van der Waals surface area contributed by atoms with Crippen LogP contribution in [0, 0.1) is 0 Å². The van der Waals surface area contributed by atoms with Crippen LogP contribution in [0.4, 0.5) is 0 Å². The first-order chi connectivity index (χ1) is 9.17. The molecule has 1 aromatic carbocycles. The van der Waals surface area contributed by atoms with Gasteiger partial charge in [0.05, 0.1) is 11.6 Å². The molecule has 0 radical (unpaired) electrons. The molecule has 0 amide bonds. The second-order valence-electron chi connectivity index (χ2n) is 5.53.